The quantitative estimate of drug-likeness (QED) is 0.532. The molecule has 6 nitrogen and oxygen atoms in total. The van der Waals surface area contributed by atoms with E-state index in [2.05, 4.69) is 51.4 Å². The molecule has 0 aliphatic carbocycles. The Balaban J connectivity index is 1.50. The Morgan fingerprint density at radius 2 is 1.97 bits per heavy atom. The van der Waals surface area contributed by atoms with Gasteiger partial charge in [0, 0.05) is 40.3 Å². The number of hydrogen-bond donors (Lipinski definition) is 1. The lowest BCUT2D eigenvalue weighted by Crippen LogP contribution is -2.41. The van der Waals surface area contributed by atoms with E-state index in [4.69, 9.17) is 9.47 Å². The molecule has 0 saturated carbocycles. The van der Waals surface area contributed by atoms with Crippen molar-refractivity contribution in [1.82, 2.24) is 10.2 Å². The van der Waals surface area contributed by atoms with Crippen LogP contribution in [0.3, 0.4) is 0 Å². The van der Waals surface area contributed by atoms with Crippen LogP contribution in [0.25, 0.3) is 0 Å². The van der Waals surface area contributed by atoms with Gasteiger partial charge in [-0.1, -0.05) is 24.3 Å². The molecule has 2 aromatic rings. The van der Waals surface area contributed by atoms with Gasteiger partial charge in [-0.2, -0.15) is 0 Å². The topological polar surface area (TPSA) is 49.3 Å². The summed E-state index contributed by atoms with van der Waals surface area (Å²) in [6.07, 6.45) is 1.16. The third-order valence-corrected chi connectivity index (χ3v) is 5.49. The van der Waals surface area contributed by atoms with Crippen LogP contribution in [-0.4, -0.2) is 58.3 Å². The van der Waals surface area contributed by atoms with Crippen molar-refractivity contribution < 1.29 is 9.47 Å². The monoisotopic (exact) mass is 410 g/mol. The second-order valence-electron chi connectivity index (χ2n) is 7.63. The van der Waals surface area contributed by atoms with Gasteiger partial charge in [0.1, 0.15) is 11.5 Å². The van der Waals surface area contributed by atoms with Gasteiger partial charge >= 0.3 is 0 Å². The van der Waals surface area contributed by atoms with Gasteiger partial charge in [0.25, 0.3) is 0 Å². The first-order chi connectivity index (χ1) is 14.6. The summed E-state index contributed by atoms with van der Waals surface area (Å²) in [5.41, 5.74) is 2.41. The summed E-state index contributed by atoms with van der Waals surface area (Å²) in [6, 6.07) is 16.5. The molecule has 1 aliphatic heterocycles. The maximum atomic E-state index is 5.53. The van der Waals surface area contributed by atoms with Crippen LogP contribution >= 0.6 is 0 Å². The van der Waals surface area contributed by atoms with Gasteiger partial charge in [-0.25, -0.2) is 0 Å². The van der Waals surface area contributed by atoms with Crippen LogP contribution in [0.15, 0.2) is 53.5 Å². The van der Waals surface area contributed by atoms with Crippen LogP contribution in [0.1, 0.15) is 18.9 Å². The van der Waals surface area contributed by atoms with Crippen molar-refractivity contribution in [3.05, 3.63) is 54.1 Å². The molecular weight excluding hydrogens is 376 g/mol. The fourth-order valence-electron chi connectivity index (χ4n) is 3.94. The summed E-state index contributed by atoms with van der Waals surface area (Å²) in [7, 11) is 5.65. The molecule has 1 aliphatic rings. The summed E-state index contributed by atoms with van der Waals surface area (Å²) in [4.78, 5) is 9.04. The average molecular weight is 411 g/mol. The minimum absolute atomic E-state index is 0.575. The number of guanidine groups is 1. The molecule has 162 valence electrons. The smallest absolute Gasteiger partial charge is 0.193 e. The highest BCUT2D eigenvalue weighted by Crippen LogP contribution is 2.31. The molecule has 0 amide bonds. The zero-order valence-corrected chi connectivity index (χ0v) is 18.6. The Bertz CT molecular complexity index is 822. The Labute approximate surface area is 180 Å². The molecule has 1 fully saturated rings. The molecule has 0 bridgehead atoms. The summed E-state index contributed by atoms with van der Waals surface area (Å²) in [5.74, 6) is 3.34. The van der Waals surface area contributed by atoms with Crippen LogP contribution in [0.4, 0.5) is 5.69 Å². The normalized spacial score (nSPS) is 16.5. The van der Waals surface area contributed by atoms with E-state index < -0.39 is 0 Å². The first-order valence-corrected chi connectivity index (χ1v) is 10.7. The molecule has 0 radical (unpaired) electrons. The number of methoxy groups -OCH3 is 1. The number of anilines is 1. The van der Waals surface area contributed by atoms with E-state index in [1.807, 2.05) is 38.2 Å². The van der Waals surface area contributed by atoms with E-state index in [-0.39, 0.29) is 0 Å². The molecule has 1 unspecified atom stereocenters. The molecule has 30 heavy (non-hydrogen) atoms. The van der Waals surface area contributed by atoms with Crippen LogP contribution in [0.5, 0.6) is 11.5 Å². The number of ether oxygens (including phenoxy) is 2. The highest BCUT2D eigenvalue weighted by Gasteiger charge is 2.25. The molecule has 3 rings (SSSR count). The number of rotatable bonds is 8. The molecule has 2 aromatic carbocycles. The van der Waals surface area contributed by atoms with Crippen LogP contribution in [-0.2, 0) is 6.54 Å². The van der Waals surface area contributed by atoms with Crippen molar-refractivity contribution in [3.8, 4) is 11.5 Å². The van der Waals surface area contributed by atoms with E-state index in [0.717, 1.165) is 50.1 Å². The van der Waals surface area contributed by atoms with Crippen molar-refractivity contribution in [2.45, 2.75) is 19.9 Å². The Kier molecular flexibility index (Phi) is 7.82. The van der Waals surface area contributed by atoms with E-state index in [0.29, 0.717) is 12.5 Å². The van der Waals surface area contributed by atoms with Gasteiger partial charge in [-0.05, 0) is 49.1 Å². The minimum Gasteiger partial charge on any atom is -0.495 e. The number of para-hydroxylation sites is 2. The van der Waals surface area contributed by atoms with Crippen LogP contribution in [0, 0.1) is 5.92 Å². The Hall–Kier alpha value is -2.89. The Morgan fingerprint density at radius 1 is 1.20 bits per heavy atom. The lowest BCUT2D eigenvalue weighted by atomic mass is 10.1. The number of aliphatic imine (C=N–C) groups is 1. The number of benzene rings is 2. The molecule has 0 aromatic heterocycles. The van der Waals surface area contributed by atoms with Gasteiger partial charge in [-0.3, -0.25) is 4.99 Å². The molecule has 1 N–H and O–H groups in total. The summed E-state index contributed by atoms with van der Waals surface area (Å²) in [5, 5.41) is 3.56. The molecule has 1 saturated heterocycles. The van der Waals surface area contributed by atoms with Gasteiger partial charge in [-0.15, -0.1) is 0 Å². The van der Waals surface area contributed by atoms with E-state index in [1.165, 1.54) is 11.3 Å². The van der Waals surface area contributed by atoms with Crippen LogP contribution in [0.2, 0.25) is 0 Å². The van der Waals surface area contributed by atoms with Crippen molar-refractivity contribution in [2.24, 2.45) is 10.9 Å². The first-order valence-electron chi connectivity index (χ1n) is 10.7. The number of hydrogen-bond acceptors (Lipinski definition) is 4. The lowest BCUT2D eigenvalue weighted by Gasteiger charge is -2.24. The highest BCUT2D eigenvalue weighted by atomic mass is 16.5. The minimum atomic E-state index is 0.575. The van der Waals surface area contributed by atoms with Gasteiger partial charge in [0.05, 0.1) is 19.4 Å². The Morgan fingerprint density at radius 3 is 2.67 bits per heavy atom. The second-order valence-corrected chi connectivity index (χ2v) is 7.63. The summed E-state index contributed by atoms with van der Waals surface area (Å²) < 4.78 is 11.1. The highest BCUT2D eigenvalue weighted by molar-refractivity contribution is 5.79. The SMILES string of the molecule is CCOc1ccc(CN(C)C(=NC)NCC2CCN(c3ccccc3OC)C2)cc1. The van der Waals surface area contributed by atoms with Gasteiger partial charge in [0.15, 0.2) is 5.96 Å². The van der Waals surface area contributed by atoms with Crippen molar-refractivity contribution in [3.63, 3.8) is 0 Å². The maximum Gasteiger partial charge on any atom is 0.193 e. The summed E-state index contributed by atoms with van der Waals surface area (Å²) in [6.45, 7) is 6.46. The number of nitrogens with one attached hydrogen (secondary N) is 1. The van der Waals surface area contributed by atoms with E-state index in [1.54, 1.807) is 7.11 Å². The van der Waals surface area contributed by atoms with E-state index >= 15 is 0 Å². The maximum absolute atomic E-state index is 5.53. The van der Waals surface area contributed by atoms with Gasteiger partial charge in [0.2, 0.25) is 0 Å². The zero-order chi connectivity index (χ0) is 21.3. The van der Waals surface area contributed by atoms with Gasteiger partial charge < -0.3 is 24.6 Å². The first kappa shape index (κ1) is 21.8. The second kappa shape index (κ2) is 10.8. The van der Waals surface area contributed by atoms with Crippen LogP contribution < -0.4 is 19.7 Å². The largest absolute Gasteiger partial charge is 0.495 e. The van der Waals surface area contributed by atoms with Crippen molar-refractivity contribution in [2.75, 3.05) is 52.3 Å². The fraction of sp³-hybridized carbons (Fsp3) is 0.458. The van der Waals surface area contributed by atoms with E-state index in [9.17, 15) is 0 Å². The molecular formula is C24H34N4O2. The lowest BCUT2D eigenvalue weighted by molar-refractivity contribution is 0.340. The summed E-state index contributed by atoms with van der Waals surface area (Å²) >= 11 is 0. The molecule has 1 heterocycles. The molecule has 6 heteroatoms. The third-order valence-electron chi connectivity index (χ3n) is 5.49. The van der Waals surface area contributed by atoms with Crippen molar-refractivity contribution >= 4 is 11.6 Å². The zero-order valence-electron chi connectivity index (χ0n) is 18.6. The fourth-order valence-corrected chi connectivity index (χ4v) is 3.94. The number of nitrogens with zero attached hydrogens (tertiary/aromatic N) is 3. The predicted octanol–water partition coefficient (Wildman–Crippen LogP) is 3.63. The molecule has 1 atom stereocenters. The third kappa shape index (κ3) is 5.59. The molecule has 0 spiro atoms. The predicted molar refractivity (Wildman–Crippen MR) is 124 cm³/mol. The standard InChI is InChI=1S/C24H34N4O2/c1-5-30-21-12-10-19(11-13-21)17-27(3)24(25-2)26-16-20-14-15-28(18-20)22-8-6-7-9-23(22)29-4/h6-13,20H,5,14-18H2,1-4H3,(H,25,26). The van der Waals surface area contributed by atoms with Crippen molar-refractivity contribution in [1.29, 1.82) is 0 Å². The average Bonchev–Trinajstić information content (AvgIpc) is 3.24.